The van der Waals surface area contributed by atoms with Gasteiger partial charge in [0.25, 0.3) is 0 Å². The molecule has 0 aliphatic heterocycles. The van der Waals surface area contributed by atoms with Gasteiger partial charge in [0.1, 0.15) is 13.2 Å². The van der Waals surface area contributed by atoms with Crippen LogP contribution in [0.25, 0.3) is 0 Å². The zero-order valence-corrected chi connectivity index (χ0v) is 19.7. The molecule has 0 aliphatic carbocycles. The molecule has 6 heteroatoms. The maximum Gasteiger partial charge on any atom is 0.226 e. The first kappa shape index (κ1) is 23.3. The quantitative estimate of drug-likeness (QED) is 0.206. The summed E-state index contributed by atoms with van der Waals surface area (Å²) in [6.07, 6.45) is 0. The van der Waals surface area contributed by atoms with E-state index in [2.05, 4.69) is 10.3 Å². The van der Waals surface area contributed by atoms with Crippen molar-refractivity contribution in [1.82, 2.24) is 4.98 Å². The van der Waals surface area contributed by atoms with E-state index >= 15 is 0 Å². The third-order valence-electron chi connectivity index (χ3n) is 5.33. The molecule has 0 amide bonds. The minimum atomic E-state index is 0.302. The molecule has 34 heavy (non-hydrogen) atoms. The predicted molar refractivity (Wildman–Crippen MR) is 137 cm³/mol. The van der Waals surface area contributed by atoms with Crippen molar-refractivity contribution >= 4 is 23.0 Å². The Balaban J connectivity index is 1.63. The van der Waals surface area contributed by atoms with Gasteiger partial charge in [-0.1, -0.05) is 72.8 Å². The van der Waals surface area contributed by atoms with Gasteiger partial charge in [0.2, 0.25) is 11.8 Å². The largest absolute Gasteiger partial charge is 0.473 e. The first-order chi connectivity index (χ1) is 16.7. The van der Waals surface area contributed by atoms with E-state index in [-0.39, 0.29) is 0 Å². The Morgan fingerprint density at radius 1 is 0.794 bits per heavy atom. The van der Waals surface area contributed by atoms with E-state index in [0.29, 0.717) is 42.1 Å². The molecule has 0 saturated heterocycles. The van der Waals surface area contributed by atoms with Gasteiger partial charge in [-0.2, -0.15) is 4.98 Å². The number of aromatic nitrogens is 1. The van der Waals surface area contributed by atoms with Crippen molar-refractivity contribution in [2.45, 2.75) is 19.1 Å². The van der Waals surface area contributed by atoms with Crippen LogP contribution in [0.1, 0.15) is 27.8 Å². The van der Waals surface area contributed by atoms with Crippen LogP contribution < -0.4 is 14.8 Å². The summed E-state index contributed by atoms with van der Waals surface area (Å²) in [4.78, 5) is 4.61. The van der Waals surface area contributed by atoms with Crippen LogP contribution >= 0.6 is 11.6 Å². The second kappa shape index (κ2) is 11.3. The van der Waals surface area contributed by atoms with Crippen molar-refractivity contribution in [3.05, 3.63) is 119 Å². The molecular weight excluding hydrogens is 446 g/mol. The SMILES string of the molecule is CNc1cc(CCl)ccc1C(=N)c1ccc(OCc2ccccc2)nc1OCc1ccccc1. The highest BCUT2D eigenvalue weighted by Gasteiger charge is 2.17. The highest BCUT2D eigenvalue weighted by molar-refractivity contribution is 6.17. The number of nitrogens with zero attached hydrogens (tertiary/aromatic N) is 1. The van der Waals surface area contributed by atoms with Crippen LogP contribution in [0.5, 0.6) is 11.8 Å². The monoisotopic (exact) mass is 471 g/mol. The highest BCUT2D eigenvalue weighted by Crippen LogP contribution is 2.28. The van der Waals surface area contributed by atoms with E-state index < -0.39 is 0 Å². The topological polar surface area (TPSA) is 67.2 Å². The smallest absolute Gasteiger partial charge is 0.226 e. The Bertz CT molecular complexity index is 1250. The van der Waals surface area contributed by atoms with Crippen LogP contribution in [-0.4, -0.2) is 17.7 Å². The van der Waals surface area contributed by atoms with Crippen molar-refractivity contribution in [3.63, 3.8) is 0 Å². The molecule has 0 radical (unpaired) electrons. The van der Waals surface area contributed by atoms with Gasteiger partial charge in [-0.3, -0.25) is 5.41 Å². The molecule has 3 aromatic carbocycles. The lowest BCUT2D eigenvalue weighted by atomic mass is 10.00. The molecule has 4 aromatic rings. The molecular formula is C28H26ClN3O2. The van der Waals surface area contributed by atoms with E-state index in [1.807, 2.05) is 92.0 Å². The molecule has 0 aliphatic rings. The van der Waals surface area contributed by atoms with Crippen molar-refractivity contribution < 1.29 is 9.47 Å². The number of nitrogens with one attached hydrogen (secondary N) is 2. The van der Waals surface area contributed by atoms with Gasteiger partial charge in [-0.05, 0) is 28.8 Å². The standard InChI is InChI=1S/C28H26ClN3O2/c1-31-25-16-22(17-29)12-13-23(25)27(30)24-14-15-26(33-18-20-8-4-2-5-9-20)32-28(24)34-19-21-10-6-3-7-11-21/h2-16,30-31H,17-19H2,1H3. The summed E-state index contributed by atoms with van der Waals surface area (Å²) < 4.78 is 12.0. The molecule has 1 aromatic heterocycles. The average Bonchev–Trinajstić information content (AvgIpc) is 2.91. The summed E-state index contributed by atoms with van der Waals surface area (Å²) in [6.45, 7) is 0.729. The minimum absolute atomic E-state index is 0.302. The fraction of sp³-hybridized carbons (Fsp3) is 0.143. The van der Waals surface area contributed by atoms with Crippen LogP contribution in [0.3, 0.4) is 0 Å². The zero-order chi connectivity index (χ0) is 23.8. The van der Waals surface area contributed by atoms with Crippen molar-refractivity contribution in [3.8, 4) is 11.8 Å². The molecule has 0 spiro atoms. The Morgan fingerprint density at radius 3 is 2.03 bits per heavy atom. The maximum atomic E-state index is 8.94. The number of anilines is 1. The van der Waals surface area contributed by atoms with Gasteiger partial charge < -0.3 is 14.8 Å². The summed E-state index contributed by atoms with van der Waals surface area (Å²) in [6, 6.07) is 29.2. The lowest BCUT2D eigenvalue weighted by Gasteiger charge is -2.16. The molecule has 4 rings (SSSR count). The van der Waals surface area contributed by atoms with E-state index in [1.165, 1.54) is 0 Å². The van der Waals surface area contributed by atoms with Crippen molar-refractivity contribution in [2.75, 3.05) is 12.4 Å². The second-order valence-corrected chi connectivity index (χ2v) is 7.96. The molecule has 0 fully saturated rings. The first-order valence-corrected chi connectivity index (χ1v) is 11.5. The predicted octanol–water partition coefficient (Wildman–Crippen LogP) is 6.44. The molecule has 0 unspecified atom stereocenters. The van der Waals surface area contributed by atoms with Gasteiger partial charge in [0.05, 0.1) is 11.3 Å². The van der Waals surface area contributed by atoms with Crippen molar-refractivity contribution in [1.29, 1.82) is 5.41 Å². The Hall–Kier alpha value is -3.83. The average molecular weight is 472 g/mol. The van der Waals surface area contributed by atoms with Gasteiger partial charge in [-0.25, -0.2) is 0 Å². The van der Waals surface area contributed by atoms with Crippen LogP contribution in [0.2, 0.25) is 0 Å². The van der Waals surface area contributed by atoms with E-state index in [0.717, 1.165) is 27.9 Å². The highest BCUT2D eigenvalue weighted by atomic mass is 35.5. The van der Waals surface area contributed by atoms with Crippen LogP contribution in [0.4, 0.5) is 5.69 Å². The summed E-state index contributed by atoms with van der Waals surface area (Å²) in [7, 11) is 1.83. The van der Waals surface area contributed by atoms with Crippen LogP contribution in [-0.2, 0) is 19.1 Å². The summed E-state index contributed by atoms with van der Waals surface area (Å²) >= 11 is 6.00. The number of pyridine rings is 1. The molecule has 0 atom stereocenters. The second-order valence-electron chi connectivity index (χ2n) is 7.69. The lowest BCUT2D eigenvalue weighted by molar-refractivity contribution is 0.267. The van der Waals surface area contributed by atoms with Crippen LogP contribution in [0.15, 0.2) is 91.0 Å². The van der Waals surface area contributed by atoms with Gasteiger partial charge in [0.15, 0.2) is 0 Å². The molecule has 172 valence electrons. The number of hydrogen-bond acceptors (Lipinski definition) is 5. The third kappa shape index (κ3) is 5.74. The minimum Gasteiger partial charge on any atom is -0.473 e. The number of benzene rings is 3. The molecule has 5 nitrogen and oxygen atoms in total. The molecule has 0 bridgehead atoms. The normalized spacial score (nSPS) is 10.5. The summed E-state index contributed by atoms with van der Waals surface area (Å²) in [5.41, 5.74) is 5.48. The summed E-state index contributed by atoms with van der Waals surface area (Å²) in [5, 5.41) is 12.1. The first-order valence-electron chi connectivity index (χ1n) is 11.0. The number of alkyl halides is 1. The maximum absolute atomic E-state index is 8.94. The zero-order valence-electron chi connectivity index (χ0n) is 18.9. The van der Waals surface area contributed by atoms with Crippen LogP contribution in [0, 0.1) is 5.41 Å². The fourth-order valence-electron chi connectivity index (χ4n) is 3.51. The lowest BCUT2D eigenvalue weighted by Crippen LogP contribution is -2.10. The van der Waals surface area contributed by atoms with E-state index in [9.17, 15) is 0 Å². The molecule has 1 heterocycles. The van der Waals surface area contributed by atoms with Gasteiger partial charge in [0, 0.05) is 30.2 Å². The molecule has 2 N–H and O–H groups in total. The van der Waals surface area contributed by atoms with Gasteiger partial charge >= 0.3 is 0 Å². The van der Waals surface area contributed by atoms with Gasteiger partial charge in [-0.15, -0.1) is 11.6 Å². The Kier molecular flexibility index (Phi) is 7.79. The Labute approximate surface area is 204 Å². The number of halogens is 1. The van der Waals surface area contributed by atoms with Crippen molar-refractivity contribution in [2.24, 2.45) is 0 Å². The van der Waals surface area contributed by atoms with E-state index in [4.69, 9.17) is 26.5 Å². The number of hydrogen-bond donors (Lipinski definition) is 2. The number of rotatable bonds is 10. The van der Waals surface area contributed by atoms with E-state index in [1.54, 1.807) is 6.07 Å². The molecule has 0 saturated carbocycles. The number of ether oxygens (including phenoxy) is 2. The summed E-state index contributed by atoms with van der Waals surface area (Å²) in [5.74, 6) is 1.20. The Morgan fingerprint density at radius 2 is 1.41 bits per heavy atom. The fourth-order valence-corrected chi connectivity index (χ4v) is 3.67. The third-order valence-corrected chi connectivity index (χ3v) is 5.64.